The summed E-state index contributed by atoms with van der Waals surface area (Å²) >= 11 is 0. The molecule has 0 spiro atoms. The van der Waals surface area contributed by atoms with Gasteiger partial charge in [0, 0.05) is 57.5 Å². The normalized spacial score (nSPS) is 21.6. The van der Waals surface area contributed by atoms with Crippen LogP contribution in [0, 0.1) is 5.92 Å². The monoisotopic (exact) mass is 497 g/mol. The van der Waals surface area contributed by atoms with E-state index in [4.69, 9.17) is 14.2 Å². The molecule has 196 valence electrons. The van der Waals surface area contributed by atoms with Crippen molar-refractivity contribution in [3.8, 4) is 11.5 Å². The first-order chi connectivity index (χ1) is 17.3. The number of ether oxygens (including phenoxy) is 3. The molecule has 1 aliphatic rings. The predicted octanol–water partition coefficient (Wildman–Crippen LogP) is 4.05. The maximum Gasteiger partial charge on any atom is 0.257 e. The molecular weight excluding hydrogens is 458 g/mol. The largest absolute Gasteiger partial charge is 0.496 e. The molecule has 3 atom stereocenters. The first-order valence-corrected chi connectivity index (χ1v) is 12.5. The highest BCUT2D eigenvalue weighted by Gasteiger charge is 2.29. The van der Waals surface area contributed by atoms with Crippen LogP contribution >= 0.6 is 0 Å². The Morgan fingerprint density at radius 2 is 1.89 bits per heavy atom. The molecular formula is C28H39N3O5. The van der Waals surface area contributed by atoms with Crippen molar-refractivity contribution in [2.24, 2.45) is 5.92 Å². The highest BCUT2D eigenvalue weighted by molar-refractivity contribution is 5.99. The average molecular weight is 498 g/mol. The summed E-state index contributed by atoms with van der Waals surface area (Å²) in [6.45, 7) is 8.33. The van der Waals surface area contributed by atoms with Gasteiger partial charge < -0.3 is 24.4 Å². The first kappa shape index (κ1) is 27.5. The zero-order valence-corrected chi connectivity index (χ0v) is 22.2. The molecule has 0 unspecified atom stereocenters. The number of hydrogen-bond donors (Lipinski definition) is 1. The van der Waals surface area contributed by atoms with Crippen LogP contribution in [0.4, 0.5) is 5.69 Å². The summed E-state index contributed by atoms with van der Waals surface area (Å²) in [6, 6.07) is 13.3. The fraction of sp³-hybridized carbons (Fsp3) is 0.500. The smallest absolute Gasteiger partial charge is 0.257 e. The molecule has 0 saturated carbocycles. The summed E-state index contributed by atoms with van der Waals surface area (Å²) in [5.74, 6) is 1.21. The molecule has 36 heavy (non-hydrogen) atoms. The molecule has 2 amide bonds. The van der Waals surface area contributed by atoms with Crippen molar-refractivity contribution in [3.63, 3.8) is 0 Å². The van der Waals surface area contributed by atoms with E-state index in [2.05, 4.69) is 30.1 Å². The van der Waals surface area contributed by atoms with Gasteiger partial charge in [0.1, 0.15) is 18.1 Å². The van der Waals surface area contributed by atoms with Crippen molar-refractivity contribution in [1.82, 2.24) is 9.80 Å². The zero-order valence-electron chi connectivity index (χ0n) is 22.2. The van der Waals surface area contributed by atoms with E-state index in [0.29, 0.717) is 43.1 Å². The Hall–Kier alpha value is -3.10. The van der Waals surface area contributed by atoms with Gasteiger partial charge in [-0.3, -0.25) is 14.5 Å². The lowest BCUT2D eigenvalue weighted by Crippen LogP contribution is -2.46. The number of rotatable bonds is 6. The van der Waals surface area contributed by atoms with E-state index in [9.17, 15) is 9.59 Å². The Balaban J connectivity index is 1.95. The lowest BCUT2D eigenvalue weighted by Gasteiger charge is -2.36. The van der Waals surface area contributed by atoms with Gasteiger partial charge in [0.25, 0.3) is 5.91 Å². The van der Waals surface area contributed by atoms with Crippen molar-refractivity contribution in [1.29, 1.82) is 0 Å². The molecule has 8 heteroatoms. The van der Waals surface area contributed by atoms with Crippen LogP contribution in [0.5, 0.6) is 11.5 Å². The number of para-hydroxylation sites is 1. The molecule has 1 aliphatic heterocycles. The molecule has 2 aromatic carbocycles. The van der Waals surface area contributed by atoms with Crippen LogP contribution in [0.25, 0.3) is 0 Å². The van der Waals surface area contributed by atoms with Crippen molar-refractivity contribution >= 4 is 17.5 Å². The Kier molecular flexibility index (Phi) is 9.73. The fourth-order valence-corrected chi connectivity index (χ4v) is 4.45. The third-order valence-corrected chi connectivity index (χ3v) is 6.74. The summed E-state index contributed by atoms with van der Waals surface area (Å²) in [6.07, 6.45) is 0.201. The van der Waals surface area contributed by atoms with Gasteiger partial charge in [-0.05, 0) is 37.1 Å². The van der Waals surface area contributed by atoms with Crippen LogP contribution in [-0.2, 0) is 16.1 Å². The first-order valence-electron chi connectivity index (χ1n) is 12.5. The lowest BCUT2D eigenvalue weighted by atomic mass is 10.0. The zero-order chi connectivity index (χ0) is 26.2. The van der Waals surface area contributed by atoms with Crippen LogP contribution in [0.1, 0.15) is 43.1 Å². The third-order valence-electron chi connectivity index (χ3n) is 6.74. The molecule has 3 rings (SSSR count). The summed E-state index contributed by atoms with van der Waals surface area (Å²) < 4.78 is 17.7. The van der Waals surface area contributed by atoms with E-state index in [-0.39, 0.29) is 29.9 Å². The summed E-state index contributed by atoms with van der Waals surface area (Å²) in [4.78, 5) is 29.4. The standard InChI is InChI=1S/C28H39N3O5/c1-7-27(32)29-22-12-13-25-23(14-22)28(33)30(4)17-26(35-6)19(2)15-31(20(3)18-36-25)16-21-10-8-9-11-24(21)34-5/h8-14,19-20,26H,7,15-18H2,1-6H3,(H,29,32)/t19-,20+,26-/m0/s1. The number of carbonyl (C=O) groups is 2. The molecule has 0 fully saturated rings. The third kappa shape index (κ3) is 6.77. The number of likely N-dealkylation sites (N-methyl/N-ethyl adjacent to an activating group) is 1. The molecule has 0 aromatic heterocycles. The molecule has 1 heterocycles. The van der Waals surface area contributed by atoms with Crippen molar-refractivity contribution in [2.75, 3.05) is 46.3 Å². The van der Waals surface area contributed by atoms with Gasteiger partial charge in [-0.1, -0.05) is 32.0 Å². The molecule has 0 radical (unpaired) electrons. The topological polar surface area (TPSA) is 80.3 Å². The highest BCUT2D eigenvalue weighted by Crippen LogP contribution is 2.27. The number of hydrogen-bond acceptors (Lipinski definition) is 6. The molecule has 1 N–H and O–H groups in total. The van der Waals surface area contributed by atoms with E-state index >= 15 is 0 Å². The minimum atomic E-state index is -0.175. The Labute approximate surface area is 214 Å². The molecule has 0 saturated heterocycles. The summed E-state index contributed by atoms with van der Waals surface area (Å²) in [5.41, 5.74) is 2.09. The van der Waals surface area contributed by atoms with Gasteiger partial charge in [0.2, 0.25) is 5.91 Å². The SMILES string of the molecule is CCC(=O)Nc1ccc2c(c1)C(=O)N(C)C[C@H](OC)[C@@H](C)CN(Cc1ccccc1OC)[C@H](C)CO2. The maximum atomic E-state index is 13.4. The van der Waals surface area contributed by atoms with Gasteiger partial charge in [0.05, 0.1) is 18.8 Å². The van der Waals surface area contributed by atoms with E-state index in [1.807, 2.05) is 18.2 Å². The molecule has 8 nitrogen and oxygen atoms in total. The summed E-state index contributed by atoms with van der Waals surface area (Å²) in [7, 11) is 5.14. The van der Waals surface area contributed by atoms with Gasteiger partial charge in [-0.25, -0.2) is 0 Å². The Bertz CT molecular complexity index is 1040. The highest BCUT2D eigenvalue weighted by atomic mass is 16.5. The predicted molar refractivity (Wildman–Crippen MR) is 141 cm³/mol. The van der Waals surface area contributed by atoms with Crippen LogP contribution in [0.3, 0.4) is 0 Å². The van der Waals surface area contributed by atoms with Crippen LogP contribution in [0.2, 0.25) is 0 Å². The van der Waals surface area contributed by atoms with Crippen molar-refractivity contribution in [3.05, 3.63) is 53.6 Å². The minimum Gasteiger partial charge on any atom is -0.496 e. The number of amides is 2. The Morgan fingerprint density at radius 3 is 2.58 bits per heavy atom. The van der Waals surface area contributed by atoms with Gasteiger partial charge in [-0.15, -0.1) is 0 Å². The Morgan fingerprint density at radius 1 is 1.14 bits per heavy atom. The van der Waals surface area contributed by atoms with E-state index in [1.165, 1.54) is 0 Å². The van der Waals surface area contributed by atoms with Crippen molar-refractivity contribution in [2.45, 2.75) is 45.9 Å². The second kappa shape index (κ2) is 12.7. The molecule has 2 aromatic rings. The number of nitrogens with one attached hydrogen (secondary N) is 1. The maximum absolute atomic E-state index is 13.4. The van der Waals surface area contributed by atoms with Crippen molar-refractivity contribution < 1.29 is 23.8 Å². The van der Waals surface area contributed by atoms with Gasteiger partial charge >= 0.3 is 0 Å². The van der Waals surface area contributed by atoms with E-state index in [0.717, 1.165) is 17.9 Å². The van der Waals surface area contributed by atoms with Crippen LogP contribution < -0.4 is 14.8 Å². The minimum absolute atomic E-state index is 0.0504. The second-order valence-corrected chi connectivity index (χ2v) is 9.45. The lowest BCUT2D eigenvalue weighted by molar-refractivity contribution is -0.115. The van der Waals surface area contributed by atoms with E-state index < -0.39 is 0 Å². The summed E-state index contributed by atoms with van der Waals surface area (Å²) in [5, 5.41) is 2.83. The number of carbonyl (C=O) groups excluding carboxylic acids is 2. The van der Waals surface area contributed by atoms with Crippen LogP contribution in [0.15, 0.2) is 42.5 Å². The van der Waals surface area contributed by atoms with Gasteiger partial charge in [-0.2, -0.15) is 0 Å². The second-order valence-electron chi connectivity index (χ2n) is 9.45. The fourth-order valence-electron chi connectivity index (χ4n) is 4.45. The molecule has 0 aliphatic carbocycles. The average Bonchev–Trinajstić information content (AvgIpc) is 2.89. The quantitative estimate of drug-likeness (QED) is 0.649. The van der Waals surface area contributed by atoms with Crippen LogP contribution in [-0.4, -0.2) is 74.7 Å². The number of anilines is 1. The van der Waals surface area contributed by atoms with E-state index in [1.54, 1.807) is 51.3 Å². The number of fused-ring (bicyclic) bond motifs is 1. The number of nitrogens with zero attached hydrogens (tertiary/aromatic N) is 2. The number of methoxy groups -OCH3 is 2. The number of benzene rings is 2. The van der Waals surface area contributed by atoms with Gasteiger partial charge in [0.15, 0.2) is 0 Å². The molecule has 0 bridgehead atoms.